The van der Waals surface area contributed by atoms with Gasteiger partial charge in [-0.05, 0) is 46.5 Å². The number of hydrogen-bond donors (Lipinski definition) is 1. The molecule has 0 aromatic heterocycles. The Kier molecular flexibility index (Phi) is 4.18. The van der Waals surface area contributed by atoms with Crippen molar-refractivity contribution < 1.29 is 14.7 Å². The Morgan fingerprint density at radius 1 is 0.724 bits per heavy atom. The minimum atomic E-state index is -1.19. The normalized spacial score (nSPS) is 23.8. The summed E-state index contributed by atoms with van der Waals surface area (Å²) in [7, 11) is 0. The molecule has 0 saturated carbocycles. The van der Waals surface area contributed by atoms with Crippen molar-refractivity contribution in [2.75, 3.05) is 5.32 Å². The average molecular weight is 403 g/mol. The first-order valence-electron chi connectivity index (χ1n) is 9.51. The van der Waals surface area contributed by atoms with Crippen molar-refractivity contribution in [2.45, 2.75) is 11.8 Å². The van der Waals surface area contributed by atoms with Crippen molar-refractivity contribution in [2.24, 2.45) is 11.8 Å². The summed E-state index contributed by atoms with van der Waals surface area (Å²) >= 11 is 5.93. The van der Waals surface area contributed by atoms with E-state index in [1.807, 2.05) is 48.5 Å². The Labute approximate surface area is 173 Å². The van der Waals surface area contributed by atoms with Crippen LogP contribution in [0, 0.1) is 11.8 Å². The number of carbonyl (C=O) groups is 2. The number of aliphatic carboxylic acids is 1. The fourth-order valence-corrected chi connectivity index (χ4v) is 5.16. The number of fused-ring (bicyclic) bond motifs is 1. The van der Waals surface area contributed by atoms with Crippen molar-refractivity contribution in [3.05, 3.63) is 100 Å². The highest BCUT2D eigenvalue weighted by Gasteiger charge is 2.52. The van der Waals surface area contributed by atoms with E-state index < -0.39 is 23.7 Å². The lowest BCUT2D eigenvalue weighted by molar-refractivity contribution is -0.314. The monoisotopic (exact) mass is 402 g/mol. The van der Waals surface area contributed by atoms with Gasteiger partial charge in [-0.15, -0.1) is 0 Å². The zero-order valence-electron chi connectivity index (χ0n) is 15.3. The molecular formula is C24H17ClNO3-. The molecule has 0 spiro atoms. The van der Waals surface area contributed by atoms with Crippen LogP contribution in [-0.2, 0) is 9.59 Å². The predicted octanol–water partition coefficient (Wildman–Crippen LogP) is 3.55. The smallest absolute Gasteiger partial charge is 0.229 e. The molecule has 2 unspecified atom stereocenters. The van der Waals surface area contributed by atoms with E-state index in [2.05, 4.69) is 5.32 Å². The molecular weight excluding hydrogens is 386 g/mol. The highest BCUT2D eigenvalue weighted by atomic mass is 35.5. The van der Waals surface area contributed by atoms with Gasteiger partial charge in [-0.1, -0.05) is 60.1 Å². The lowest BCUT2D eigenvalue weighted by Crippen LogP contribution is -2.52. The van der Waals surface area contributed by atoms with E-state index in [9.17, 15) is 14.7 Å². The number of carbonyl (C=O) groups excluding carboxylic acids is 2. The van der Waals surface area contributed by atoms with E-state index in [0.29, 0.717) is 10.7 Å². The molecule has 3 aromatic carbocycles. The Morgan fingerprint density at radius 3 is 1.62 bits per heavy atom. The first kappa shape index (κ1) is 18.0. The van der Waals surface area contributed by atoms with Crippen molar-refractivity contribution in [3.8, 4) is 0 Å². The Balaban J connectivity index is 1.64. The van der Waals surface area contributed by atoms with Gasteiger partial charge >= 0.3 is 0 Å². The van der Waals surface area contributed by atoms with Crippen molar-refractivity contribution in [3.63, 3.8) is 0 Å². The van der Waals surface area contributed by atoms with Gasteiger partial charge in [0.25, 0.3) is 0 Å². The summed E-state index contributed by atoms with van der Waals surface area (Å²) in [6, 6.07) is 22.4. The fourth-order valence-electron chi connectivity index (χ4n) is 5.03. The minimum Gasteiger partial charge on any atom is -0.550 e. The third-order valence-corrected chi connectivity index (χ3v) is 6.38. The number of carboxylic acids is 1. The SMILES string of the molecule is O=C([O-])C1C2c3ccccc3C(c3ccccc32)C1C(=O)Nc1ccc(Cl)cc1. The van der Waals surface area contributed by atoms with Gasteiger partial charge in [0.15, 0.2) is 0 Å². The van der Waals surface area contributed by atoms with Gasteiger partial charge in [-0.3, -0.25) is 4.79 Å². The van der Waals surface area contributed by atoms with Crippen molar-refractivity contribution in [1.82, 2.24) is 0 Å². The second-order valence-corrected chi connectivity index (χ2v) is 8.02. The number of hydrogen-bond acceptors (Lipinski definition) is 3. The standard InChI is InChI=1S/C24H18ClNO3/c25-13-9-11-14(12-10-13)26-23(27)21-19-15-5-1-3-7-17(15)20(22(21)24(28)29)18-8-4-2-6-16(18)19/h1-12,19-22H,(H,26,27)(H,28,29)/p-1. The molecule has 6 rings (SSSR count). The molecule has 3 aliphatic carbocycles. The van der Waals surface area contributed by atoms with Gasteiger partial charge in [-0.25, -0.2) is 0 Å². The summed E-state index contributed by atoms with van der Waals surface area (Å²) in [5, 5.41) is 15.7. The van der Waals surface area contributed by atoms with Crippen LogP contribution in [-0.4, -0.2) is 11.9 Å². The van der Waals surface area contributed by atoms with E-state index in [-0.39, 0.29) is 11.8 Å². The lowest BCUT2D eigenvalue weighted by atomic mass is 9.54. The van der Waals surface area contributed by atoms with Gasteiger partial charge in [0.05, 0.1) is 5.92 Å². The molecule has 0 radical (unpaired) electrons. The second kappa shape index (κ2) is 6.75. The third-order valence-electron chi connectivity index (χ3n) is 6.12. The molecule has 0 saturated heterocycles. The van der Waals surface area contributed by atoms with Gasteiger partial charge in [0.1, 0.15) is 0 Å². The molecule has 0 aliphatic heterocycles. The van der Waals surface area contributed by atoms with Crippen LogP contribution in [0.1, 0.15) is 34.1 Å². The first-order valence-corrected chi connectivity index (χ1v) is 9.89. The van der Waals surface area contributed by atoms with E-state index >= 15 is 0 Å². The van der Waals surface area contributed by atoms with Crippen LogP contribution in [0.4, 0.5) is 5.69 Å². The lowest BCUT2D eigenvalue weighted by Gasteiger charge is -2.50. The van der Waals surface area contributed by atoms with E-state index in [0.717, 1.165) is 22.3 Å². The van der Waals surface area contributed by atoms with Crippen molar-refractivity contribution >= 4 is 29.2 Å². The number of rotatable bonds is 3. The summed E-state index contributed by atoms with van der Waals surface area (Å²) in [4.78, 5) is 25.6. The number of nitrogens with one attached hydrogen (secondary N) is 1. The summed E-state index contributed by atoms with van der Waals surface area (Å²) < 4.78 is 0. The number of benzene rings is 3. The molecule has 29 heavy (non-hydrogen) atoms. The Morgan fingerprint density at radius 2 is 1.17 bits per heavy atom. The van der Waals surface area contributed by atoms with Crippen LogP contribution in [0.3, 0.4) is 0 Å². The van der Waals surface area contributed by atoms with Crippen LogP contribution in [0.2, 0.25) is 5.02 Å². The van der Waals surface area contributed by atoms with Crippen LogP contribution < -0.4 is 10.4 Å². The highest BCUT2D eigenvalue weighted by molar-refractivity contribution is 6.30. The van der Waals surface area contributed by atoms with E-state index in [4.69, 9.17) is 11.6 Å². The number of anilines is 1. The molecule has 0 heterocycles. The maximum absolute atomic E-state index is 13.3. The zero-order valence-corrected chi connectivity index (χ0v) is 16.1. The number of carboxylic acid groups (broad SMARTS) is 1. The number of halogens is 1. The fraction of sp³-hybridized carbons (Fsp3) is 0.167. The Hall–Kier alpha value is -3.11. The van der Waals surface area contributed by atoms with Crippen LogP contribution in [0.5, 0.6) is 0 Å². The van der Waals surface area contributed by atoms with Crippen molar-refractivity contribution in [1.29, 1.82) is 0 Å². The highest BCUT2D eigenvalue weighted by Crippen LogP contribution is 2.58. The topological polar surface area (TPSA) is 69.2 Å². The summed E-state index contributed by atoms with van der Waals surface area (Å²) in [5.74, 6) is -3.94. The Bertz CT molecular complexity index is 1080. The van der Waals surface area contributed by atoms with Gasteiger partial charge < -0.3 is 15.2 Å². The predicted molar refractivity (Wildman–Crippen MR) is 109 cm³/mol. The minimum absolute atomic E-state index is 0.319. The molecule has 0 fully saturated rings. The summed E-state index contributed by atoms with van der Waals surface area (Å²) in [6.07, 6.45) is 0. The van der Waals surface area contributed by atoms with Crippen LogP contribution in [0.15, 0.2) is 72.8 Å². The molecule has 2 atom stereocenters. The van der Waals surface area contributed by atoms with Gasteiger partial charge in [0.2, 0.25) is 5.91 Å². The molecule has 3 aromatic rings. The molecule has 3 aliphatic rings. The molecule has 1 amide bonds. The van der Waals surface area contributed by atoms with E-state index in [1.165, 1.54) is 0 Å². The molecule has 1 N–H and O–H groups in total. The maximum Gasteiger partial charge on any atom is 0.229 e. The molecule has 5 heteroatoms. The molecule has 144 valence electrons. The zero-order chi connectivity index (χ0) is 20.1. The first-order chi connectivity index (χ1) is 14.1. The second-order valence-electron chi connectivity index (χ2n) is 7.58. The quantitative estimate of drug-likeness (QED) is 0.728. The summed E-state index contributed by atoms with van der Waals surface area (Å²) in [5.41, 5.74) is 4.57. The van der Waals surface area contributed by atoms with Gasteiger partial charge in [-0.2, -0.15) is 0 Å². The molecule has 4 nitrogen and oxygen atoms in total. The number of amides is 1. The molecule has 2 bridgehead atoms. The van der Waals surface area contributed by atoms with Crippen LogP contribution >= 0.6 is 11.6 Å². The van der Waals surface area contributed by atoms with E-state index in [1.54, 1.807) is 24.3 Å². The van der Waals surface area contributed by atoms with Crippen LogP contribution in [0.25, 0.3) is 0 Å². The maximum atomic E-state index is 13.3. The third kappa shape index (κ3) is 2.75. The largest absolute Gasteiger partial charge is 0.550 e. The van der Waals surface area contributed by atoms with Gasteiger partial charge in [0, 0.05) is 34.4 Å². The summed E-state index contributed by atoms with van der Waals surface area (Å²) in [6.45, 7) is 0. The average Bonchev–Trinajstić information content (AvgIpc) is 2.74.